The molecule has 1 amide bonds. The molecule has 0 spiro atoms. The van der Waals surface area contributed by atoms with E-state index in [1.54, 1.807) is 7.11 Å². The molecular weight excluding hydrogens is 330 g/mol. The highest BCUT2D eigenvalue weighted by molar-refractivity contribution is 5.69. The smallest absolute Gasteiger partial charge is 0.405 e. The average Bonchev–Trinajstić information content (AvgIpc) is 2.62. The number of nitrogens with one attached hydrogen (secondary N) is 1. The summed E-state index contributed by atoms with van der Waals surface area (Å²) in [4.78, 5) is 11.3. The van der Waals surface area contributed by atoms with Crippen LogP contribution in [0.2, 0.25) is 0 Å². The van der Waals surface area contributed by atoms with Gasteiger partial charge in [0.2, 0.25) is 0 Å². The predicted molar refractivity (Wildman–Crippen MR) is 100 cm³/mol. The molecule has 3 rings (SSSR count). The van der Waals surface area contributed by atoms with E-state index in [0.717, 1.165) is 35.3 Å². The van der Waals surface area contributed by atoms with E-state index in [2.05, 4.69) is 37.4 Å². The normalized spacial score (nSPS) is 18.0. The van der Waals surface area contributed by atoms with Crippen LogP contribution < -0.4 is 10.1 Å². The predicted octanol–water partition coefficient (Wildman–Crippen LogP) is 4.62. The molecular formula is C21H25NO4. The molecule has 2 N–H and O–H groups in total. The molecule has 0 saturated heterocycles. The lowest BCUT2D eigenvalue weighted by Crippen LogP contribution is -2.40. The third-order valence-electron chi connectivity index (χ3n) is 5.06. The van der Waals surface area contributed by atoms with E-state index in [-0.39, 0.29) is 18.2 Å². The Kier molecular flexibility index (Phi) is 5.18. The fraction of sp³-hybridized carbons (Fsp3) is 0.381. The minimum absolute atomic E-state index is 0.132. The Labute approximate surface area is 153 Å². The SMILES string of the molecule is COCOc1cccc(-c2ccc3c(c2)C(NC(=O)O)C(C)(C)CC3)c1. The summed E-state index contributed by atoms with van der Waals surface area (Å²) >= 11 is 0. The van der Waals surface area contributed by atoms with Gasteiger partial charge in [0.1, 0.15) is 5.75 Å². The second-order valence-corrected chi connectivity index (χ2v) is 7.36. The number of ether oxygens (including phenoxy) is 2. The Hall–Kier alpha value is -2.53. The van der Waals surface area contributed by atoms with Gasteiger partial charge in [-0.1, -0.05) is 38.1 Å². The fourth-order valence-corrected chi connectivity index (χ4v) is 3.58. The Morgan fingerprint density at radius 2 is 2.00 bits per heavy atom. The second-order valence-electron chi connectivity index (χ2n) is 7.36. The van der Waals surface area contributed by atoms with Crippen molar-refractivity contribution in [2.24, 2.45) is 5.41 Å². The van der Waals surface area contributed by atoms with Gasteiger partial charge in [0, 0.05) is 7.11 Å². The molecule has 26 heavy (non-hydrogen) atoms. The summed E-state index contributed by atoms with van der Waals surface area (Å²) in [5.41, 5.74) is 4.20. The first-order valence-corrected chi connectivity index (χ1v) is 8.75. The zero-order valence-electron chi connectivity index (χ0n) is 15.4. The van der Waals surface area contributed by atoms with Crippen molar-refractivity contribution in [1.82, 2.24) is 5.32 Å². The molecule has 0 aliphatic heterocycles. The van der Waals surface area contributed by atoms with E-state index >= 15 is 0 Å². The van der Waals surface area contributed by atoms with Crippen molar-refractivity contribution in [3.63, 3.8) is 0 Å². The van der Waals surface area contributed by atoms with E-state index in [0.29, 0.717) is 0 Å². The zero-order valence-corrected chi connectivity index (χ0v) is 15.4. The van der Waals surface area contributed by atoms with Crippen LogP contribution in [0.15, 0.2) is 42.5 Å². The highest BCUT2D eigenvalue weighted by atomic mass is 16.7. The average molecular weight is 355 g/mol. The number of hydrogen-bond acceptors (Lipinski definition) is 3. The van der Waals surface area contributed by atoms with Gasteiger partial charge < -0.3 is 19.9 Å². The van der Waals surface area contributed by atoms with Crippen LogP contribution in [-0.4, -0.2) is 25.1 Å². The topological polar surface area (TPSA) is 67.8 Å². The zero-order chi connectivity index (χ0) is 18.7. The molecule has 5 nitrogen and oxygen atoms in total. The third-order valence-corrected chi connectivity index (χ3v) is 5.06. The number of methoxy groups -OCH3 is 1. The van der Waals surface area contributed by atoms with Crippen molar-refractivity contribution in [2.75, 3.05) is 13.9 Å². The van der Waals surface area contributed by atoms with Gasteiger partial charge >= 0.3 is 6.09 Å². The summed E-state index contributed by atoms with van der Waals surface area (Å²) in [5.74, 6) is 0.739. The molecule has 2 aromatic carbocycles. The molecule has 1 atom stereocenters. The van der Waals surface area contributed by atoms with E-state index in [1.807, 2.05) is 24.3 Å². The number of carboxylic acid groups (broad SMARTS) is 1. The first-order valence-electron chi connectivity index (χ1n) is 8.75. The maximum Gasteiger partial charge on any atom is 0.405 e. The van der Waals surface area contributed by atoms with Crippen molar-refractivity contribution in [3.05, 3.63) is 53.6 Å². The van der Waals surface area contributed by atoms with Crippen LogP contribution in [0, 0.1) is 5.41 Å². The van der Waals surface area contributed by atoms with Gasteiger partial charge in [-0.15, -0.1) is 0 Å². The van der Waals surface area contributed by atoms with Crippen molar-refractivity contribution in [1.29, 1.82) is 0 Å². The number of rotatable bonds is 5. The van der Waals surface area contributed by atoms with Gasteiger partial charge in [0.15, 0.2) is 6.79 Å². The lowest BCUT2D eigenvalue weighted by atomic mass is 9.70. The largest absolute Gasteiger partial charge is 0.468 e. The van der Waals surface area contributed by atoms with Gasteiger partial charge in [0.25, 0.3) is 0 Å². The molecule has 0 heterocycles. The maximum absolute atomic E-state index is 11.3. The molecule has 0 radical (unpaired) electrons. The van der Waals surface area contributed by atoms with Crippen molar-refractivity contribution >= 4 is 6.09 Å². The number of carbonyl (C=O) groups is 1. The van der Waals surface area contributed by atoms with Crippen LogP contribution in [0.1, 0.15) is 37.4 Å². The van der Waals surface area contributed by atoms with Crippen molar-refractivity contribution in [2.45, 2.75) is 32.7 Å². The summed E-state index contributed by atoms with van der Waals surface area (Å²) in [6.07, 6.45) is 0.915. The van der Waals surface area contributed by atoms with Gasteiger partial charge in [-0.2, -0.15) is 0 Å². The first kappa shape index (κ1) is 18.3. The van der Waals surface area contributed by atoms with E-state index < -0.39 is 6.09 Å². The molecule has 2 aromatic rings. The Morgan fingerprint density at radius 1 is 1.23 bits per heavy atom. The van der Waals surface area contributed by atoms with Crippen LogP contribution in [0.25, 0.3) is 11.1 Å². The van der Waals surface area contributed by atoms with Gasteiger partial charge in [-0.05, 0) is 58.7 Å². The summed E-state index contributed by atoms with van der Waals surface area (Å²) < 4.78 is 10.5. The maximum atomic E-state index is 11.3. The molecule has 1 aliphatic rings. The number of aryl methyl sites for hydroxylation is 1. The van der Waals surface area contributed by atoms with Crippen LogP contribution in [-0.2, 0) is 11.2 Å². The summed E-state index contributed by atoms with van der Waals surface area (Å²) in [7, 11) is 1.59. The van der Waals surface area contributed by atoms with Crippen LogP contribution in [0.4, 0.5) is 4.79 Å². The first-order chi connectivity index (χ1) is 12.4. The summed E-state index contributed by atoms with van der Waals surface area (Å²) in [6.45, 7) is 4.43. The van der Waals surface area contributed by atoms with Gasteiger partial charge in [-0.3, -0.25) is 0 Å². The second kappa shape index (κ2) is 7.38. The van der Waals surface area contributed by atoms with Gasteiger partial charge in [0.05, 0.1) is 6.04 Å². The summed E-state index contributed by atoms with van der Waals surface area (Å²) in [5, 5.41) is 12.0. The molecule has 0 saturated carbocycles. The third kappa shape index (κ3) is 3.83. The number of amides is 1. The van der Waals surface area contributed by atoms with E-state index in [1.165, 1.54) is 5.56 Å². The van der Waals surface area contributed by atoms with Crippen LogP contribution in [0.5, 0.6) is 5.75 Å². The van der Waals surface area contributed by atoms with Gasteiger partial charge in [-0.25, -0.2) is 4.79 Å². The Morgan fingerprint density at radius 3 is 2.73 bits per heavy atom. The Bertz CT molecular complexity index is 800. The number of benzene rings is 2. The summed E-state index contributed by atoms with van der Waals surface area (Å²) in [6, 6.07) is 13.9. The minimum Gasteiger partial charge on any atom is -0.468 e. The molecule has 0 bridgehead atoms. The molecule has 0 fully saturated rings. The van der Waals surface area contributed by atoms with Crippen molar-refractivity contribution < 1.29 is 19.4 Å². The van der Waals surface area contributed by atoms with E-state index in [4.69, 9.17) is 9.47 Å². The highest BCUT2D eigenvalue weighted by Gasteiger charge is 2.37. The monoisotopic (exact) mass is 355 g/mol. The lowest BCUT2D eigenvalue weighted by Gasteiger charge is -2.40. The van der Waals surface area contributed by atoms with Crippen LogP contribution in [0.3, 0.4) is 0 Å². The fourth-order valence-electron chi connectivity index (χ4n) is 3.58. The quantitative estimate of drug-likeness (QED) is 0.768. The number of hydrogen-bond donors (Lipinski definition) is 2. The minimum atomic E-state index is -0.990. The van der Waals surface area contributed by atoms with Crippen molar-refractivity contribution in [3.8, 4) is 16.9 Å². The lowest BCUT2D eigenvalue weighted by molar-refractivity contribution is 0.0511. The molecule has 5 heteroatoms. The standard InChI is InChI=1S/C21H25NO4/c1-21(2)10-9-14-7-8-16(12-18(14)19(21)22-20(23)24)15-5-4-6-17(11-15)26-13-25-3/h4-8,11-12,19,22H,9-10,13H2,1-3H3,(H,23,24). The molecule has 1 aliphatic carbocycles. The van der Waals surface area contributed by atoms with Crippen LogP contribution >= 0.6 is 0 Å². The Balaban J connectivity index is 1.98. The molecule has 0 aromatic heterocycles. The van der Waals surface area contributed by atoms with E-state index in [9.17, 15) is 9.90 Å². The highest BCUT2D eigenvalue weighted by Crippen LogP contribution is 2.44. The molecule has 1 unspecified atom stereocenters. The number of fused-ring (bicyclic) bond motifs is 1. The molecule has 138 valence electrons.